The predicted molar refractivity (Wildman–Crippen MR) is 95.8 cm³/mol. The first kappa shape index (κ1) is 22.1. The van der Waals surface area contributed by atoms with Gasteiger partial charge in [-0.05, 0) is 24.3 Å². The van der Waals surface area contributed by atoms with Gasteiger partial charge in [0.05, 0.1) is 5.56 Å². The van der Waals surface area contributed by atoms with Crippen molar-refractivity contribution in [2.24, 2.45) is 0 Å². The number of alkyl halides is 3. The van der Waals surface area contributed by atoms with Crippen molar-refractivity contribution in [3.05, 3.63) is 65.4 Å². The topological polar surface area (TPSA) is 73.9 Å². The Morgan fingerprint density at radius 3 is 2.13 bits per heavy atom. The Morgan fingerprint density at radius 1 is 1.00 bits per heavy atom. The van der Waals surface area contributed by atoms with Crippen LogP contribution in [0.5, 0.6) is 11.5 Å². The lowest BCUT2D eigenvalue weighted by Crippen LogP contribution is -2.42. The van der Waals surface area contributed by atoms with E-state index in [9.17, 15) is 31.5 Å². The fourth-order valence-electron chi connectivity index (χ4n) is 2.52. The number of cyclic esters (lactones) is 2. The van der Waals surface area contributed by atoms with Crippen LogP contribution in [0.1, 0.15) is 19.4 Å². The molecule has 2 aromatic carbocycles. The Labute approximate surface area is 172 Å². The number of benzene rings is 2. The molecule has 0 saturated carbocycles. The monoisotopic (exact) mass is 443 g/mol. The summed E-state index contributed by atoms with van der Waals surface area (Å²) in [4.78, 5) is 23.8. The van der Waals surface area contributed by atoms with E-state index in [1.807, 2.05) is 0 Å². The first-order valence-electron chi connectivity index (χ1n) is 8.63. The molecule has 0 aliphatic carbocycles. The highest BCUT2D eigenvalue weighted by Crippen LogP contribution is 2.36. The fourth-order valence-corrected chi connectivity index (χ4v) is 2.52. The quantitative estimate of drug-likeness (QED) is 0.313. The van der Waals surface area contributed by atoms with Crippen molar-refractivity contribution in [3.8, 4) is 11.5 Å². The van der Waals surface area contributed by atoms with E-state index in [1.54, 1.807) is 0 Å². The van der Waals surface area contributed by atoms with E-state index in [2.05, 4.69) is 5.32 Å². The lowest BCUT2D eigenvalue weighted by Gasteiger charge is -2.29. The summed E-state index contributed by atoms with van der Waals surface area (Å²) in [6.45, 7) is 2.76. The number of carbonyl (C=O) groups is 2. The van der Waals surface area contributed by atoms with E-state index in [0.29, 0.717) is 0 Å². The number of nitrogens with one attached hydrogen (secondary N) is 1. The molecule has 1 fully saturated rings. The van der Waals surface area contributed by atoms with Gasteiger partial charge in [-0.3, -0.25) is 0 Å². The molecule has 0 amide bonds. The fraction of sp³-hybridized carbons (Fsp3) is 0.200. The summed E-state index contributed by atoms with van der Waals surface area (Å²) in [5, 5.41) is 2.61. The molecule has 11 heteroatoms. The Balaban J connectivity index is 1.79. The first-order chi connectivity index (χ1) is 14.4. The van der Waals surface area contributed by atoms with Crippen molar-refractivity contribution >= 4 is 17.6 Å². The predicted octanol–water partition coefficient (Wildman–Crippen LogP) is 4.91. The van der Waals surface area contributed by atoms with E-state index < -0.39 is 52.4 Å². The Bertz CT molecular complexity index is 1030. The van der Waals surface area contributed by atoms with Crippen LogP contribution in [0.3, 0.4) is 0 Å². The highest BCUT2D eigenvalue weighted by molar-refractivity contribution is 6.15. The summed E-state index contributed by atoms with van der Waals surface area (Å²) in [5.74, 6) is -7.48. The molecule has 0 unspecified atom stereocenters. The maximum Gasteiger partial charge on any atom is 0.416 e. The van der Waals surface area contributed by atoms with Crippen LogP contribution in [0, 0.1) is 11.6 Å². The van der Waals surface area contributed by atoms with Crippen LogP contribution >= 0.6 is 0 Å². The highest BCUT2D eigenvalue weighted by atomic mass is 19.4. The maximum absolute atomic E-state index is 14.0. The number of anilines is 1. The van der Waals surface area contributed by atoms with Gasteiger partial charge in [-0.2, -0.15) is 13.2 Å². The third kappa shape index (κ3) is 5.11. The zero-order valence-electron chi connectivity index (χ0n) is 16.0. The molecule has 1 saturated heterocycles. The van der Waals surface area contributed by atoms with Gasteiger partial charge in [-0.1, -0.05) is 6.07 Å². The van der Waals surface area contributed by atoms with Crippen LogP contribution in [0.25, 0.3) is 0 Å². The number of ether oxygens (including phenoxy) is 3. The number of hydrogen-bond acceptors (Lipinski definition) is 6. The number of carbonyl (C=O) groups excluding carboxylic acids is 2. The first-order valence-corrected chi connectivity index (χ1v) is 8.63. The van der Waals surface area contributed by atoms with Crippen molar-refractivity contribution in [3.63, 3.8) is 0 Å². The van der Waals surface area contributed by atoms with E-state index in [1.165, 1.54) is 38.1 Å². The smallest absolute Gasteiger partial charge is 0.416 e. The van der Waals surface area contributed by atoms with Crippen LogP contribution in [-0.4, -0.2) is 17.7 Å². The second-order valence-corrected chi connectivity index (χ2v) is 6.78. The van der Waals surface area contributed by atoms with Crippen LogP contribution in [0.15, 0.2) is 48.2 Å². The molecule has 3 rings (SSSR count). The number of rotatable bonds is 4. The number of hydrogen-bond donors (Lipinski definition) is 1. The molecule has 0 radical (unpaired) electrons. The lowest BCUT2D eigenvalue weighted by atomic mass is 10.2. The van der Waals surface area contributed by atoms with Gasteiger partial charge in [-0.15, -0.1) is 0 Å². The summed E-state index contributed by atoms with van der Waals surface area (Å²) >= 11 is 0. The second-order valence-electron chi connectivity index (χ2n) is 6.78. The van der Waals surface area contributed by atoms with Gasteiger partial charge in [0.25, 0.3) is 5.79 Å². The molecule has 6 nitrogen and oxygen atoms in total. The Hall–Kier alpha value is -3.63. The molecule has 1 aliphatic rings. The average molecular weight is 443 g/mol. The lowest BCUT2D eigenvalue weighted by molar-refractivity contribution is -0.222. The minimum absolute atomic E-state index is 0.118. The second kappa shape index (κ2) is 7.89. The third-order valence-electron chi connectivity index (χ3n) is 3.88. The zero-order chi connectivity index (χ0) is 23.0. The van der Waals surface area contributed by atoms with Gasteiger partial charge < -0.3 is 19.5 Å². The molecule has 0 aromatic heterocycles. The number of halogens is 5. The van der Waals surface area contributed by atoms with Crippen molar-refractivity contribution in [2.75, 3.05) is 5.32 Å². The Kier molecular flexibility index (Phi) is 5.62. The zero-order valence-corrected chi connectivity index (χ0v) is 16.0. The maximum atomic E-state index is 14.0. The van der Waals surface area contributed by atoms with Crippen molar-refractivity contribution < 1.29 is 45.8 Å². The minimum atomic E-state index is -4.92. The molecule has 164 valence electrons. The van der Waals surface area contributed by atoms with Gasteiger partial charge in [0.1, 0.15) is 5.75 Å². The van der Waals surface area contributed by atoms with E-state index in [-0.39, 0.29) is 23.6 Å². The molecular weight excluding hydrogens is 429 g/mol. The van der Waals surface area contributed by atoms with Crippen molar-refractivity contribution in [2.45, 2.75) is 25.8 Å². The summed E-state index contributed by atoms with van der Waals surface area (Å²) in [5.41, 5.74) is -1.69. The third-order valence-corrected chi connectivity index (χ3v) is 3.88. The molecular formula is C20H14F5NO5. The van der Waals surface area contributed by atoms with Crippen LogP contribution < -0.4 is 10.1 Å². The van der Waals surface area contributed by atoms with Crippen LogP contribution in [0.2, 0.25) is 0 Å². The largest absolute Gasteiger partial charge is 0.451 e. The van der Waals surface area contributed by atoms with Gasteiger partial charge in [0.2, 0.25) is 0 Å². The molecule has 1 heterocycles. The minimum Gasteiger partial charge on any atom is -0.451 e. The summed E-state index contributed by atoms with van der Waals surface area (Å²) < 4.78 is 80.8. The van der Waals surface area contributed by atoms with Crippen molar-refractivity contribution in [1.82, 2.24) is 0 Å². The van der Waals surface area contributed by atoms with Crippen LogP contribution in [-0.2, 0) is 25.2 Å². The van der Waals surface area contributed by atoms with E-state index >= 15 is 0 Å². The highest BCUT2D eigenvalue weighted by Gasteiger charge is 2.39. The summed E-state index contributed by atoms with van der Waals surface area (Å²) in [6.07, 6.45) is -3.91. The van der Waals surface area contributed by atoms with Gasteiger partial charge in [0.15, 0.2) is 23.0 Å². The Morgan fingerprint density at radius 2 is 1.58 bits per heavy atom. The molecule has 2 aromatic rings. The van der Waals surface area contributed by atoms with Gasteiger partial charge in [0, 0.05) is 31.8 Å². The summed E-state index contributed by atoms with van der Waals surface area (Å²) in [7, 11) is 0. The van der Waals surface area contributed by atoms with Gasteiger partial charge >= 0.3 is 18.1 Å². The average Bonchev–Trinajstić information content (AvgIpc) is 2.62. The van der Waals surface area contributed by atoms with Gasteiger partial charge in [-0.25, -0.2) is 18.4 Å². The summed E-state index contributed by atoms with van der Waals surface area (Å²) in [6, 6.07) is 5.63. The SMILES string of the molecule is CC1(C)OC(=O)C(=CNc2cccc(Oc3c(F)cc(C(F)(F)F)cc3F)c2)C(=O)O1. The molecule has 31 heavy (non-hydrogen) atoms. The molecule has 0 spiro atoms. The standard InChI is InChI=1S/C20H14F5NO5/c1-19(2)30-17(27)13(18(28)31-19)9-26-11-4-3-5-12(8-11)29-16-14(21)6-10(7-15(16)22)20(23,24)25/h3-9,26H,1-2H3. The molecule has 0 atom stereocenters. The van der Waals surface area contributed by atoms with Crippen LogP contribution in [0.4, 0.5) is 27.6 Å². The molecule has 1 N–H and O–H groups in total. The normalized spacial score (nSPS) is 15.8. The van der Waals surface area contributed by atoms with Crippen molar-refractivity contribution in [1.29, 1.82) is 0 Å². The molecule has 1 aliphatic heterocycles. The molecule has 0 bridgehead atoms. The van der Waals surface area contributed by atoms with E-state index in [4.69, 9.17) is 14.2 Å². The van der Waals surface area contributed by atoms with E-state index in [0.717, 1.165) is 6.20 Å². The number of esters is 2.